The fourth-order valence-corrected chi connectivity index (χ4v) is 4.19. The van der Waals surface area contributed by atoms with E-state index in [9.17, 15) is 17.6 Å². The van der Waals surface area contributed by atoms with E-state index in [4.69, 9.17) is 4.74 Å². The van der Waals surface area contributed by atoms with Gasteiger partial charge in [-0.15, -0.1) is 0 Å². The fourth-order valence-electron chi connectivity index (χ4n) is 2.15. The van der Waals surface area contributed by atoms with E-state index in [0.717, 1.165) is 11.3 Å². The number of anilines is 1. The largest absolute Gasteiger partial charge is 0.497 e. The summed E-state index contributed by atoms with van der Waals surface area (Å²) in [5.74, 6) is -1.32. The molecule has 3 rings (SSSR count). The number of benzene rings is 2. The molecule has 0 spiro atoms. The van der Waals surface area contributed by atoms with Gasteiger partial charge in [-0.1, -0.05) is 11.3 Å². The maximum Gasteiger partial charge on any atom is 0.241 e. The van der Waals surface area contributed by atoms with Crippen molar-refractivity contribution >= 4 is 42.4 Å². The minimum Gasteiger partial charge on any atom is -0.497 e. The van der Waals surface area contributed by atoms with Gasteiger partial charge in [0.15, 0.2) is 15.0 Å². The molecule has 0 aliphatic rings. The summed E-state index contributed by atoms with van der Waals surface area (Å²) in [6, 6.07) is 9.83. The molecule has 1 aromatic heterocycles. The van der Waals surface area contributed by atoms with Crippen molar-refractivity contribution in [1.29, 1.82) is 0 Å². The first-order chi connectivity index (χ1) is 11.9. The average Bonchev–Trinajstić information content (AvgIpc) is 2.95. The first-order valence-electron chi connectivity index (χ1n) is 7.10. The van der Waals surface area contributed by atoms with Gasteiger partial charge in [-0.2, -0.15) is 0 Å². The summed E-state index contributed by atoms with van der Waals surface area (Å²) >= 11 is 1.07. The van der Waals surface area contributed by atoms with Gasteiger partial charge in [-0.05, 0) is 42.5 Å². The Bertz CT molecular complexity index is 1030. The quantitative estimate of drug-likeness (QED) is 0.736. The van der Waals surface area contributed by atoms with Crippen LogP contribution in [0.25, 0.3) is 10.2 Å². The Labute approximate surface area is 147 Å². The molecule has 0 aliphatic carbocycles. The molecule has 1 amide bonds. The molecule has 9 heteroatoms. The number of nitrogens with one attached hydrogen (secondary N) is 1. The fraction of sp³-hybridized carbons (Fsp3) is 0.125. The summed E-state index contributed by atoms with van der Waals surface area (Å²) < 4.78 is 43.3. The number of carbonyl (C=O) groups is 1. The van der Waals surface area contributed by atoms with E-state index in [1.807, 2.05) is 0 Å². The summed E-state index contributed by atoms with van der Waals surface area (Å²) in [6.45, 7) is 0. The van der Waals surface area contributed by atoms with Crippen molar-refractivity contribution < 1.29 is 22.3 Å². The number of sulfone groups is 1. The van der Waals surface area contributed by atoms with E-state index < -0.39 is 27.3 Å². The van der Waals surface area contributed by atoms with Crippen LogP contribution in [-0.2, 0) is 14.6 Å². The summed E-state index contributed by atoms with van der Waals surface area (Å²) in [5.41, 5.74) is 0.528. The zero-order valence-electron chi connectivity index (χ0n) is 13.0. The van der Waals surface area contributed by atoms with Gasteiger partial charge < -0.3 is 10.1 Å². The number of hydrogen-bond acceptors (Lipinski definition) is 6. The SMILES string of the molecule is COc1ccc(S(=O)(=O)CC(=O)Nc2nc3ccc(F)cc3s2)cc1. The topological polar surface area (TPSA) is 85.4 Å². The lowest BCUT2D eigenvalue weighted by molar-refractivity contribution is -0.113. The Morgan fingerprint density at radius 1 is 1.24 bits per heavy atom. The van der Waals surface area contributed by atoms with Gasteiger partial charge in [0.1, 0.15) is 17.3 Å². The number of fused-ring (bicyclic) bond motifs is 1. The van der Waals surface area contributed by atoms with Crippen molar-refractivity contribution in [2.75, 3.05) is 18.2 Å². The second-order valence-corrected chi connectivity index (χ2v) is 8.13. The number of carbonyl (C=O) groups excluding carboxylic acids is 1. The number of nitrogens with zero attached hydrogens (tertiary/aromatic N) is 1. The number of amides is 1. The van der Waals surface area contributed by atoms with Crippen LogP contribution in [0.4, 0.5) is 9.52 Å². The monoisotopic (exact) mass is 380 g/mol. The van der Waals surface area contributed by atoms with E-state index in [1.54, 1.807) is 0 Å². The molecular weight excluding hydrogens is 367 g/mol. The number of halogens is 1. The van der Waals surface area contributed by atoms with Crippen LogP contribution in [0.2, 0.25) is 0 Å². The Morgan fingerprint density at radius 2 is 1.96 bits per heavy atom. The van der Waals surface area contributed by atoms with E-state index in [0.29, 0.717) is 16.0 Å². The Kier molecular flexibility index (Phi) is 4.69. The summed E-state index contributed by atoms with van der Waals surface area (Å²) in [6.07, 6.45) is 0. The van der Waals surface area contributed by atoms with Gasteiger partial charge in [0, 0.05) is 0 Å². The number of ether oxygens (including phenoxy) is 1. The average molecular weight is 380 g/mol. The third-order valence-corrected chi connectivity index (χ3v) is 5.90. The van der Waals surface area contributed by atoms with Crippen molar-refractivity contribution in [2.24, 2.45) is 0 Å². The number of methoxy groups -OCH3 is 1. The molecule has 0 aliphatic heterocycles. The molecule has 1 heterocycles. The van der Waals surface area contributed by atoms with Crippen LogP contribution >= 0.6 is 11.3 Å². The molecular formula is C16H13FN2O4S2. The van der Waals surface area contributed by atoms with Gasteiger partial charge in [0.05, 0.1) is 22.2 Å². The predicted molar refractivity (Wildman–Crippen MR) is 93.3 cm³/mol. The van der Waals surface area contributed by atoms with Gasteiger partial charge >= 0.3 is 0 Å². The zero-order chi connectivity index (χ0) is 18.0. The highest BCUT2D eigenvalue weighted by atomic mass is 32.2. The molecule has 0 radical (unpaired) electrons. The molecule has 25 heavy (non-hydrogen) atoms. The van der Waals surface area contributed by atoms with Crippen LogP contribution in [0, 0.1) is 5.82 Å². The molecule has 0 bridgehead atoms. The zero-order valence-corrected chi connectivity index (χ0v) is 14.7. The lowest BCUT2D eigenvalue weighted by Crippen LogP contribution is -2.22. The Hall–Kier alpha value is -2.52. The van der Waals surface area contributed by atoms with E-state index in [1.165, 1.54) is 49.6 Å². The van der Waals surface area contributed by atoms with Gasteiger partial charge in [0.2, 0.25) is 5.91 Å². The maximum atomic E-state index is 13.2. The van der Waals surface area contributed by atoms with Gasteiger partial charge in [-0.25, -0.2) is 17.8 Å². The molecule has 0 saturated heterocycles. The van der Waals surface area contributed by atoms with Crippen LogP contribution in [0.1, 0.15) is 0 Å². The maximum absolute atomic E-state index is 13.2. The normalized spacial score (nSPS) is 11.4. The van der Waals surface area contributed by atoms with Gasteiger partial charge in [-0.3, -0.25) is 4.79 Å². The number of aromatic nitrogens is 1. The van der Waals surface area contributed by atoms with Crippen molar-refractivity contribution in [3.8, 4) is 5.75 Å². The third-order valence-electron chi connectivity index (χ3n) is 3.34. The van der Waals surface area contributed by atoms with Crippen molar-refractivity contribution in [1.82, 2.24) is 4.98 Å². The van der Waals surface area contributed by atoms with Crippen molar-refractivity contribution in [2.45, 2.75) is 4.90 Å². The molecule has 6 nitrogen and oxygen atoms in total. The van der Waals surface area contributed by atoms with E-state index in [-0.39, 0.29) is 10.0 Å². The lowest BCUT2D eigenvalue weighted by Gasteiger charge is -2.05. The molecule has 0 saturated carbocycles. The Balaban J connectivity index is 1.73. The summed E-state index contributed by atoms with van der Waals surface area (Å²) in [4.78, 5) is 16.2. The highest BCUT2D eigenvalue weighted by Crippen LogP contribution is 2.26. The lowest BCUT2D eigenvalue weighted by atomic mass is 10.3. The van der Waals surface area contributed by atoms with E-state index >= 15 is 0 Å². The second kappa shape index (κ2) is 6.77. The molecule has 0 unspecified atom stereocenters. The van der Waals surface area contributed by atoms with Gasteiger partial charge in [0.25, 0.3) is 0 Å². The number of thiazole rings is 1. The molecule has 3 aromatic rings. The summed E-state index contributed by atoms with van der Waals surface area (Å²) in [7, 11) is -2.32. The van der Waals surface area contributed by atoms with Crippen LogP contribution < -0.4 is 10.1 Å². The standard InChI is InChI=1S/C16H13FN2O4S2/c1-23-11-3-5-12(6-4-11)25(21,22)9-15(20)19-16-18-13-7-2-10(17)8-14(13)24-16/h2-8H,9H2,1H3,(H,18,19,20). The highest BCUT2D eigenvalue weighted by Gasteiger charge is 2.20. The summed E-state index contributed by atoms with van der Waals surface area (Å²) in [5, 5.41) is 2.66. The molecule has 0 atom stereocenters. The molecule has 2 aromatic carbocycles. The first kappa shape index (κ1) is 17.3. The Morgan fingerprint density at radius 3 is 2.64 bits per heavy atom. The van der Waals surface area contributed by atoms with E-state index in [2.05, 4.69) is 10.3 Å². The predicted octanol–water partition coefficient (Wildman–Crippen LogP) is 2.86. The number of rotatable bonds is 5. The minimum absolute atomic E-state index is 0.0230. The number of hydrogen-bond donors (Lipinski definition) is 1. The molecule has 0 fully saturated rings. The van der Waals surface area contributed by atoms with Crippen LogP contribution in [0.3, 0.4) is 0 Å². The minimum atomic E-state index is -3.79. The van der Waals surface area contributed by atoms with Crippen molar-refractivity contribution in [3.05, 3.63) is 48.3 Å². The van der Waals surface area contributed by atoms with Crippen molar-refractivity contribution in [3.63, 3.8) is 0 Å². The second-order valence-electron chi connectivity index (χ2n) is 5.11. The van der Waals surface area contributed by atoms with Crippen LogP contribution in [0.5, 0.6) is 5.75 Å². The van der Waals surface area contributed by atoms with Crippen LogP contribution in [-0.4, -0.2) is 32.2 Å². The van der Waals surface area contributed by atoms with Crippen LogP contribution in [0.15, 0.2) is 47.4 Å². The third kappa shape index (κ3) is 3.94. The highest BCUT2D eigenvalue weighted by molar-refractivity contribution is 7.92. The molecule has 130 valence electrons. The smallest absolute Gasteiger partial charge is 0.241 e. The first-order valence-corrected chi connectivity index (χ1v) is 9.57. The molecule has 1 N–H and O–H groups in total.